The first-order chi connectivity index (χ1) is 25.4. The summed E-state index contributed by atoms with van der Waals surface area (Å²) < 4.78 is 69.9. The molecule has 0 radical (unpaired) electrons. The summed E-state index contributed by atoms with van der Waals surface area (Å²) in [6, 6.07) is 15.6. The molecule has 0 aliphatic rings. The highest BCUT2D eigenvalue weighted by molar-refractivity contribution is 7.10. The first kappa shape index (κ1) is 44.3. The van der Waals surface area contributed by atoms with Crippen molar-refractivity contribution in [1.82, 2.24) is 20.1 Å². The maximum absolute atomic E-state index is 15.3. The van der Waals surface area contributed by atoms with Crippen LogP contribution < -0.4 is 31.6 Å². The van der Waals surface area contributed by atoms with E-state index in [4.69, 9.17) is 24.9 Å². The van der Waals surface area contributed by atoms with Gasteiger partial charge in [0.25, 0.3) is 6.33 Å². The number of carboxylic acids is 1. The van der Waals surface area contributed by atoms with Gasteiger partial charge in [-0.15, -0.1) is 16.0 Å². The molecule has 55 heavy (non-hydrogen) atoms. The van der Waals surface area contributed by atoms with E-state index in [2.05, 4.69) is 16.5 Å². The molecule has 0 fully saturated rings. The quantitative estimate of drug-likeness (QED) is 0.0789. The molecule has 0 unspecified atom stereocenters. The lowest BCUT2D eigenvalue weighted by molar-refractivity contribution is -0.689. The van der Waals surface area contributed by atoms with Crippen LogP contribution in [0.15, 0.2) is 72.6 Å². The lowest BCUT2D eigenvalue weighted by atomic mass is 9.82. The fourth-order valence-corrected chi connectivity index (χ4v) is 6.39. The van der Waals surface area contributed by atoms with E-state index in [1.807, 2.05) is 35.9 Å². The number of hydrogen-bond acceptors (Lipinski definition) is 9. The van der Waals surface area contributed by atoms with E-state index in [1.54, 1.807) is 57.8 Å². The minimum absolute atomic E-state index is 0. The monoisotopic (exact) mass is 850 g/mol. The van der Waals surface area contributed by atoms with E-state index in [9.17, 15) is 27.5 Å². The van der Waals surface area contributed by atoms with Gasteiger partial charge in [-0.3, -0.25) is 0 Å². The van der Waals surface area contributed by atoms with Crippen LogP contribution >= 0.6 is 11.3 Å². The smallest absolute Gasteiger partial charge is 0.490 e. The van der Waals surface area contributed by atoms with E-state index >= 15 is 4.39 Å². The van der Waals surface area contributed by atoms with Crippen LogP contribution in [0.4, 0.5) is 22.0 Å². The van der Waals surface area contributed by atoms with Crippen molar-refractivity contribution < 1.29 is 68.0 Å². The number of alkyl halides is 3. The van der Waals surface area contributed by atoms with Crippen LogP contribution in [0.25, 0.3) is 11.3 Å². The number of likely N-dealkylation sites (N-methyl/N-ethyl adjacent to an activating group) is 1. The van der Waals surface area contributed by atoms with E-state index in [-0.39, 0.29) is 35.1 Å². The van der Waals surface area contributed by atoms with Crippen molar-refractivity contribution in [3.63, 3.8) is 0 Å². The van der Waals surface area contributed by atoms with Crippen LogP contribution in [0.3, 0.4) is 0 Å². The zero-order valence-electron chi connectivity index (χ0n) is 30.0. The van der Waals surface area contributed by atoms with Gasteiger partial charge in [0, 0.05) is 33.6 Å². The summed E-state index contributed by atoms with van der Waals surface area (Å²) in [7, 11) is 1.69. The molecule has 3 N–H and O–H groups in total. The molecule has 0 aliphatic heterocycles. The minimum atomic E-state index is -5.08. The average molecular weight is 852 g/mol. The number of carboxylic acid groups (broad SMARTS) is 1. The number of hydrogen-bond donors (Lipinski definition) is 3. The van der Waals surface area contributed by atoms with Gasteiger partial charge in [0.2, 0.25) is 6.33 Å². The number of aliphatic carboxylic acids is 1. The molecule has 0 saturated heterocycles. The number of nitrogens with one attached hydrogen (secondary N) is 1. The minimum Gasteiger partial charge on any atom is -1.00 e. The van der Waals surface area contributed by atoms with Crippen LogP contribution in [0.5, 0.6) is 5.75 Å². The summed E-state index contributed by atoms with van der Waals surface area (Å²) in [5.74, 6) is -4.95. The number of thiazole rings is 1. The predicted molar refractivity (Wildman–Crippen MR) is 186 cm³/mol. The molecule has 0 spiro atoms. The Morgan fingerprint density at radius 1 is 1.07 bits per heavy atom. The van der Waals surface area contributed by atoms with Crippen LogP contribution in [-0.2, 0) is 28.3 Å². The number of carbonyl (C=O) groups is 2. The van der Waals surface area contributed by atoms with E-state index in [0.29, 0.717) is 28.6 Å². The number of esters is 1. The van der Waals surface area contributed by atoms with Crippen molar-refractivity contribution in [2.45, 2.75) is 64.5 Å². The summed E-state index contributed by atoms with van der Waals surface area (Å²) >= 11 is 1.32. The molecule has 0 bridgehead atoms. The molecule has 5 aromatic rings. The SMILES string of the molecule is CN[C@@H](C)C(=O)Oc1c(C)cc(C[n+]2cnn(C[C@](O)(c3ccc(F)cc3F)[C@@H](C)c3nc(-c4ccc(C#N)cc4)cs3)c2)cc1C.O=C(O)C(F)(F)F.[Br-]. The number of nitrogens with zero attached hydrogens (tertiary/aromatic N) is 5. The molecule has 2 heterocycles. The number of ether oxygens (including phenoxy) is 1. The lowest BCUT2D eigenvalue weighted by Crippen LogP contribution is -3.00. The predicted octanol–water partition coefficient (Wildman–Crippen LogP) is 2.95. The highest BCUT2D eigenvalue weighted by Gasteiger charge is 2.43. The van der Waals surface area contributed by atoms with Gasteiger partial charge in [-0.2, -0.15) is 18.4 Å². The Labute approximate surface area is 327 Å². The highest BCUT2D eigenvalue weighted by Crippen LogP contribution is 2.41. The molecule has 11 nitrogen and oxygen atoms in total. The van der Waals surface area contributed by atoms with Crippen molar-refractivity contribution >= 4 is 23.3 Å². The van der Waals surface area contributed by atoms with Crippen molar-refractivity contribution in [1.29, 1.82) is 5.26 Å². The molecule has 3 atom stereocenters. The molecule has 2 aromatic heterocycles. The Hall–Kier alpha value is -5.09. The fourth-order valence-electron chi connectivity index (χ4n) is 5.42. The average Bonchev–Trinajstić information content (AvgIpc) is 3.78. The van der Waals surface area contributed by atoms with Gasteiger partial charge in [-0.05, 0) is 74.8 Å². The Kier molecular flexibility index (Phi) is 14.9. The number of halogens is 6. The summed E-state index contributed by atoms with van der Waals surface area (Å²) in [4.78, 5) is 26.0. The third-order valence-electron chi connectivity index (χ3n) is 8.47. The second kappa shape index (κ2) is 18.5. The van der Waals surface area contributed by atoms with Gasteiger partial charge in [-0.25, -0.2) is 27.9 Å². The zero-order chi connectivity index (χ0) is 40.0. The number of benzene rings is 3. The number of aryl methyl sites for hydroxylation is 2. The Balaban J connectivity index is 0.000000926. The van der Waals surface area contributed by atoms with E-state index in [0.717, 1.165) is 34.4 Å². The second-order valence-corrected chi connectivity index (χ2v) is 13.3. The molecule has 3 aromatic carbocycles. The molecular formula is C37H36BrF5N6O5S. The van der Waals surface area contributed by atoms with Crippen LogP contribution in [-0.4, -0.2) is 56.2 Å². The Morgan fingerprint density at radius 2 is 1.69 bits per heavy atom. The maximum atomic E-state index is 15.3. The molecule has 18 heteroatoms. The van der Waals surface area contributed by atoms with Gasteiger partial charge >= 0.3 is 18.1 Å². The van der Waals surface area contributed by atoms with Gasteiger partial charge in [-0.1, -0.05) is 25.1 Å². The largest absolute Gasteiger partial charge is 1.00 e. The van der Waals surface area contributed by atoms with Gasteiger partial charge in [0.15, 0.2) is 0 Å². The fraction of sp³-hybridized carbons (Fsp3) is 0.297. The Bertz CT molecular complexity index is 2150. The second-order valence-electron chi connectivity index (χ2n) is 12.4. The van der Waals surface area contributed by atoms with Gasteiger partial charge < -0.3 is 37.2 Å². The van der Waals surface area contributed by atoms with Gasteiger partial charge in [0.1, 0.15) is 35.6 Å². The topological polar surface area (TPSA) is 154 Å². The van der Waals surface area contributed by atoms with E-state index < -0.39 is 41.3 Å². The number of rotatable bonds is 11. The van der Waals surface area contributed by atoms with Crippen LogP contribution in [0.1, 0.15) is 52.6 Å². The molecule has 0 saturated carbocycles. The Morgan fingerprint density at radius 3 is 2.24 bits per heavy atom. The molecule has 5 rings (SSSR count). The number of aromatic nitrogens is 4. The van der Waals surface area contributed by atoms with Crippen molar-refractivity contribution in [3.05, 3.63) is 117 Å². The lowest BCUT2D eigenvalue weighted by Gasteiger charge is -2.32. The molecule has 0 amide bonds. The van der Waals surface area contributed by atoms with Crippen LogP contribution in [0.2, 0.25) is 0 Å². The number of nitriles is 1. The summed E-state index contributed by atoms with van der Waals surface area (Å²) in [6.45, 7) is 7.52. The third-order valence-corrected chi connectivity index (χ3v) is 9.49. The molecule has 292 valence electrons. The first-order valence-corrected chi connectivity index (χ1v) is 17.1. The summed E-state index contributed by atoms with van der Waals surface area (Å²) in [5, 5.41) is 38.2. The summed E-state index contributed by atoms with van der Waals surface area (Å²) in [6.07, 6.45) is -1.78. The van der Waals surface area contributed by atoms with Crippen LogP contribution in [0, 0.1) is 36.8 Å². The first-order valence-electron chi connectivity index (χ1n) is 16.2. The number of aliphatic hydroxyl groups is 1. The van der Waals surface area contributed by atoms with Crippen molar-refractivity contribution in [2.24, 2.45) is 0 Å². The van der Waals surface area contributed by atoms with Crippen molar-refractivity contribution in [3.8, 4) is 23.1 Å². The zero-order valence-corrected chi connectivity index (χ0v) is 32.4. The van der Waals surface area contributed by atoms with Gasteiger partial charge in [0.05, 0.1) is 28.9 Å². The maximum Gasteiger partial charge on any atom is 0.490 e. The summed E-state index contributed by atoms with van der Waals surface area (Å²) in [5.41, 5.74) is 2.61. The van der Waals surface area contributed by atoms with E-state index in [1.165, 1.54) is 22.1 Å². The standard InChI is InChI=1S/C35H35F2N6O3S.C2HF3O2.BrH/c1-21-12-26(13-22(2)32(21)46-34(44)24(4)39-5)16-42-19-40-43(20-42)18-35(45,29-11-10-28(36)14-30(29)37)23(3)33-41-31(17-47-33)27-8-6-25(15-38)7-9-27;3-2(4,5)1(6)7;/h6-14,17,19-20,23-24,39,45H,16,18H2,1-5H3;(H,6,7);1H/q+1;;/p-1/t23-,24-,35+;;/m0../s1. The van der Waals surface area contributed by atoms with Crippen molar-refractivity contribution in [2.75, 3.05) is 7.05 Å². The molecular weight excluding hydrogens is 815 g/mol. The third kappa shape index (κ3) is 11.0. The number of carbonyl (C=O) groups excluding carboxylic acids is 1. The normalized spacial score (nSPS) is 13.3. The molecule has 0 aliphatic carbocycles. The highest BCUT2D eigenvalue weighted by atomic mass is 79.9.